The molecule has 10 nitrogen and oxygen atoms in total. The van der Waals surface area contributed by atoms with Crippen LogP contribution in [0, 0.1) is 6.92 Å². The van der Waals surface area contributed by atoms with Crippen molar-refractivity contribution in [3.05, 3.63) is 124 Å². The van der Waals surface area contributed by atoms with Crippen LogP contribution in [0.4, 0.5) is 5.95 Å². The molecule has 4 N–H and O–H groups in total. The van der Waals surface area contributed by atoms with Crippen LogP contribution in [0.25, 0.3) is 11.1 Å². The van der Waals surface area contributed by atoms with Gasteiger partial charge in [0.15, 0.2) is 0 Å². The van der Waals surface area contributed by atoms with Crippen molar-refractivity contribution < 1.29 is 23.0 Å². The first-order valence-electron chi connectivity index (χ1n) is 16.0. The first-order valence-corrected chi connectivity index (χ1v) is 18.3. The summed E-state index contributed by atoms with van der Waals surface area (Å²) >= 11 is 1.30. The van der Waals surface area contributed by atoms with Gasteiger partial charge in [-0.05, 0) is 35.2 Å². The van der Waals surface area contributed by atoms with Crippen molar-refractivity contribution in [2.45, 2.75) is 49.1 Å². The Labute approximate surface area is 284 Å². The molecule has 2 fully saturated rings. The summed E-state index contributed by atoms with van der Waals surface area (Å²) in [5.74, 6) is 0.222. The molecule has 2 unspecified atom stereocenters. The van der Waals surface area contributed by atoms with Gasteiger partial charge in [0.25, 0.3) is 10.0 Å². The number of nitrogen functional groups attached to an aromatic ring is 1. The van der Waals surface area contributed by atoms with E-state index in [0.717, 1.165) is 40.2 Å². The molecule has 4 heterocycles. The Morgan fingerprint density at radius 3 is 2.25 bits per heavy atom. The van der Waals surface area contributed by atoms with E-state index in [1.54, 1.807) is 4.57 Å². The highest BCUT2D eigenvalue weighted by Gasteiger charge is 2.48. The molecule has 48 heavy (non-hydrogen) atoms. The van der Waals surface area contributed by atoms with E-state index in [1.807, 2.05) is 73.7 Å². The van der Waals surface area contributed by atoms with Crippen molar-refractivity contribution in [1.29, 1.82) is 0 Å². The maximum absolute atomic E-state index is 14.2. The second kappa shape index (κ2) is 13.9. The number of ether oxygens (including phenoxy) is 2. The predicted molar refractivity (Wildman–Crippen MR) is 186 cm³/mol. The highest BCUT2D eigenvalue weighted by molar-refractivity contribution is 7.91. The lowest BCUT2D eigenvalue weighted by Gasteiger charge is -2.25. The summed E-state index contributed by atoms with van der Waals surface area (Å²) in [6.07, 6.45) is -1.01. The molecule has 0 spiro atoms. The number of hydrogen-bond donors (Lipinski definition) is 3. The Balaban J connectivity index is 1.16. The van der Waals surface area contributed by atoms with E-state index < -0.39 is 16.3 Å². The number of thiophene rings is 1. The van der Waals surface area contributed by atoms with Crippen LogP contribution in [0.15, 0.2) is 95.2 Å². The molecule has 3 aromatic carbocycles. The summed E-state index contributed by atoms with van der Waals surface area (Å²) in [4.78, 5) is 7.55. The van der Waals surface area contributed by atoms with Crippen LogP contribution in [0.2, 0.25) is 0 Å². The Morgan fingerprint density at radius 1 is 0.979 bits per heavy atom. The van der Waals surface area contributed by atoms with Gasteiger partial charge in [0, 0.05) is 36.0 Å². The summed E-state index contributed by atoms with van der Waals surface area (Å²) in [5.41, 5.74) is 12.0. The number of morpholine rings is 1. The summed E-state index contributed by atoms with van der Waals surface area (Å²) < 4.78 is 44.9. The van der Waals surface area contributed by atoms with E-state index >= 15 is 0 Å². The third-order valence-electron chi connectivity index (χ3n) is 8.98. The first kappa shape index (κ1) is 32.7. The number of aliphatic hydroxyl groups excluding tert-OH is 1. The number of aliphatic hydroxyl groups is 1. The highest BCUT2D eigenvalue weighted by Crippen LogP contribution is 2.42. The second-order valence-corrected chi connectivity index (χ2v) is 15.2. The third-order valence-corrected chi connectivity index (χ3v) is 12.1. The monoisotopic (exact) mass is 685 g/mol. The van der Waals surface area contributed by atoms with Crippen molar-refractivity contribution in [3.63, 3.8) is 0 Å². The number of aromatic nitrogens is 2. The normalized spacial score (nSPS) is 18.4. The maximum atomic E-state index is 14.2. The van der Waals surface area contributed by atoms with Gasteiger partial charge in [0.1, 0.15) is 16.5 Å². The molecule has 0 saturated carbocycles. The Morgan fingerprint density at radius 2 is 1.62 bits per heavy atom. The topological polar surface area (TPSA) is 135 Å². The Kier molecular flexibility index (Phi) is 9.47. The summed E-state index contributed by atoms with van der Waals surface area (Å²) in [6.45, 7) is 5.66. The number of imidazole rings is 1. The largest absolute Gasteiger partial charge is 0.390 e. The average Bonchev–Trinajstić information content (AvgIpc) is 3.58. The quantitative estimate of drug-likeness (QED) is 0.161. The number of nitrogens with one attached hydrogen (secondary N) is 1. The second-order valence-electron chi connectivity index (χ2n) is 12.2. The van der Waals surface area contributed by atoms with Crippen molar-refractivity contribution >= 4 is 27.3 Å². The van der Waals surface area contributed by atoms with Crippen LogP contribution in [0.5, 0.6) is 0 Å². The lowest BCUT2D eigenvalue weighted by molar-refractivity contribution is 0.0346. The van der Waals surface area contributed by atoms with Crippen LogP contribution in [-0.2, 0) is 39.2 Å². The number of aryl methyl sites for hydroxylation is 1. The molecular formula is C36H39N5O5S2. The zero-order valence-corrected chi connectivity index (χ0v) is 28.3. The fraction of sp³-hybridized carbons (Fsp3) is 0.306. The lowest BCUT2D eigenvalue weighted by atomic mass is 9.88. The van der Waals surface area contributed by atoms with Crippen LogP contribution in [-0.4, -0.2) is 66.6 Å². The van der Waals surface area contributed by atoms with Crippen molar-refractivity contribution in [2.75, 3.05) is 32.0 Å². The SMILES string of the molecule is Cc1nc(N)n(Cc2ccc(-c3cc(CN4CCOCC4)sc3S(=O)(=O)NC3OC3C(c3ccccc3)c3ccccc3)cc2)c1CO. The van der Waals surface area contributed by atoms with Crippen LogP contribution in [0.1, 0.15) is 38.9 Å². The number of epoxide rings is 1. The predicted octanol–water partition coefficient (Wildman–Crippen LogP) is 4.71. The van der Waals surface area contributed by atoms with Gasteiger partial charge in [-0.1, -0.05) is 84.9 Å². The number of sulfonamides is 1. The van der Waals surface area contributed by atoms with E-state index in [1.165, 1.54) is 11.3 Å². The molecule has 0 radical (unpaired) electrons. The molecule has 0 bridgehead atoms. The molecule has 2 saturated heterocycles. The summed E-state index contributed by atoms with van der Waals surface area (Å²) in [7, 11) is -3.95. The molecule has 2 aliphatic rings. The Hall–Kier alpha value is -3.88. The van der Waals surface area contributed by atoms with E-state index in [4.69, 9.17) is 15.2 Å². The lowest BCUT2D eigenvalue weighted by Crippen LogP contribution is -2.35. The minimum Gasteiger partial charge on any atom is -0.390 e. The van der Waals surface area contributed by atoms with E-state index in [2.05, 4.69) is 38.9 Å². The van der Waals surface area contributed by atoms with Crippen LogP contribution >= 0.6 is 11.3 Å². The molecule has 0 amide bonds. The summed E-state index contributed by atoms with van der Waals surface area (Å²) in [5, 5.41) is 9.84. The number of nitrogens with two attached hydrogens (primary N) is 1. The van der Waals surface area contributed by atoms with Crippen molar-refractivity contribution in [2.24, 2.45) is 0 Å². The van der Waals surface area contributed by atoms with Gasteiger partial charge in [-0.2, -0.15) is 4.72 Å². The summed E-state index contributed by atoms with van der Waals surface area (Å²) in [6, 6.07) is 29.9. The van der Waals surface area contributed by atoms with E-state index in [-0.39, 0.29) is 22.8 Å². The minimum absolute atomic E-state index is 0.119. The van der Waals surface area contributed by atoms with E-state index in [0.29, 0.717) is 49.2 Å². The number of anilines is 1. The van der Waals surface area contributed by atoms with Gasteiger partial charge in [-0.15, -0.1) is 11.3 Å². The molecule has 2 atom stereocenters. The molecule has 5 aromatic rings. The smallest absolute Gasteiger partial charge is 0.252 e. The van der Waals surface area contributed by atoms with Gasteiger partial charge in [-0.25, -0.2) is 13.4 Å². The molecule has 7 rings (SSSR count). The zero-order valence-electron chi connectivity index (χ0n) is 26.7. The highest BCUT2D eigenvalue weighted by atomic mass is 32.2. The zero-order chi connectivity index (χ0) is 33.3. The van der Waals surface area contributed by atoms with Gasteiger partial charge < -0.3 is 24.9 Å². The van der Waals surface area contributed by atoms with Crippen molar-refractivity contribution in [1.82, 2.24) is 19.2 Å². The van der Waals surface area contributed by atoms with Gasteiger partial charge in [0.2, 0.25) is 5.95 Å². The third kappa shape index (κ3) is 6.96. The average molecular weight is 686 g/mol. The fourth-order valence-electron chi connectivity index (χ4n) is 6.43. The number of nitrogens with zero attached hydrogens (tertiary/aromatic N) is 3. The first-order chi connectivity index (χ1) is 23.3. The fourth-order valence-corrected chi connectivity index (χ4v) is 9.35. The van der Waals surface area contributed by atoms with Gasteiger partial charge >= 0.3 is 0 Å². The molecule has 12 heteroatoms. The number of rotatable bonds is 12. The Bertz CT molecular complexity index is 1920. The number of benzene rings is 3. The number of hydrogen-bond acceptors (Lipinski definition) is 9. The van der Waals surface area contributed by atoms with Crippen LogP contribution in [0.3, 0.4) is 0 Å². The molecule has 2 aliphatic heterocycles. The standard InChI is InChI=1S/C36H39N5O5S2/c1-24-31(23-42)41(36(37)38-24)21-25-12-14-26(15-13-25)30-20-29(22-40-16-18-45-19-17-40)47-35(30)48(43,44)39-34-33(46-34)32(27-8-4-2-5-9-27)28-10-6-3-7-11-28/h2-15,20,32-34,39,42H,16-19,21-23H2,1H3,(H2,37,38). The minimum atomic E-state index is -3.95. The van der Waals surface area contributed by atoms with Crippen LogP contribution < -0.4 is 10.5 Å². The molecule has 250 valence electrons. The van der Waals surface area contributed by atoms with Gasteiger partial charge in [-0.3, -0.25) is 4.90 Å². The molecule has 2 aromatic heterocycles. The molecule has 0 aliphatic carbocycles. The molecular weight excluding hydrogens is 647 g/mol. The van der Waals surface area contributed by atoms with Crippen molar-refractivity contribution in [3.8, 4) is 11.1 Å². The van der Waals surface area contributed by atoms with E-state index in [9.17, 15) is 13.5 Å². The van der Waals surface area contributed by atoms with Gasteiger partial charge in [0.05, 0.1) is 37.8 Å². The maximum Gasteiger partial charge on any atom is 0.252 e.